The molecule has 8 heteroatoms. The van der Waals surface area contributed by atoms with Gasteiger partial charge in [0, 0.05) is 50.4 Å². The SMILES string of the molecule is CCCc1noc(-c2cccnc2N2CCCN(Cc3ccc(F)cc3Cl)CC2)n1. The summed E-state index contributed by atoms with van der Waals surface area (Å²) in [6.07, 6.45) is 4.55. The van der Waals surface area contributed by atoms with Gasteiger partial charge in [-0.05, 0) is 42.7 Å². The lowest BCUT2D eigenvalue weighted by atomic mass is 10.2. The third kappa shape index (κ3) is 4.79. The molecule has 0 atom stereocenters. The van der Waals surface area contributed by atoms with Crippen LogP contribution in [0.25, 0.3) is 11.5 Å². The van der Waals surface area contributed by atoms with Gasteiger partial charge in [0.05, 0.1) is 5.56 Å². The van der Waals surface area contributed by atoms with E-state index in [1.807, 2.05) is 12.1 Å². The van der Waals surface area contributed by atoms with E-state index < -0.39 is 0 Å². The number of halogens is 2. The Morgan fingerprint density at radius 1 is 1.17 bits per heavy atom. The molecule has 1 aromatic carbocycles. The highest BCUT2D eigenvalue weighted by molar-refractivity contribution is 6.31. The van der Waals surface area contributed by atoms with Crippen molar-refractivity contribution in [3.05, 3.63) is 58.8 Å². The topological polar surface area (TPSA) is 58.3 Å². The van der Waals surface area contributed by atoms with Gasteiger partial charge in [-0.1, -0.05) is 29.7 Å². The van der Waals surface area contributed by atoms with Crippen LogP contribution in [0.2, 0.25) is 5.02 Å². The molecule has 0 unspecified atom stereocenters. The largest absolute Gasteiger partial charge is 0.355 e. The highest BCUT2D eigenvalue weighted by Crippen LogP contribution is 2.29. The minimum atomic E-state index is -0.309. The fraction of sp³-hybridized carbons (Fsp3) is 0.409. The monoisotopic (exact) mass is 429 g/mol. The van der Waals surface area contributed by atoms with Gasteiger partial charge in [0.25, 0.3) is 5.89 Å². The summed E-state index contributed by atoms with van der Waals surface area (Å²) in [5.41, 5.74) is 1.81. The molecule has 0 saturated carbocycles. The lowest BCUT2D eigenvalue weighted by molar-refractivity contribution is 0.285. The summed E-state index contributed by atoms with van der Waals surface area (Å²) in [6, 6.07) is 8.47. The van der Waals surface area contributed by atoms with E-state index in [0.717, 1.165) is 68.2 Å². The second-order valence-corrected chi connectivity index (χ2v) is 7.90. The molecule has 3 heterocycles. The molecule has 1 aliphatic rings. The number of pyridine rings is 1. The highest BCUT2D eigenvalue weighted by atomic mass is 35.5. The number of anilines is 1. The van der Waals surface area contributed by atoms with E-state index in [-0.39, 0.29) is 5.82 Å². The molecule has 0 spiro atoms. The molecular weight excluding hydrogens is 405 g/mol. The maximum absolute atomic E-state index is 13.3. The normalized spacial score (nSPS) is 15.4. The summed E-state index contributed by atoms with van der Waals surface area (Å²) in [5.74, 6) is 1.80. The first-order valence-electron chi connectivity index (χ1n) is 10.3. The van der Waals surface area contributed by atoms with E-state index in [4.69, 9.17) is 16.1 Å². The molecule has 6 nitrogen and oxygen atoms in total. The van der Waals surface area contributed by atoms with Gasteiger partial charge in [0.2, 0.25) is 0 Å². The van der Waals surface area contributed by atoms with Gasteiger partial charge in [-0.25, -0.2) is 9.37 Å². The zero-order valence-corrected chi connectivity index (χ0v) is 17.8. The molecule has 30 heavy (non-hydrogen) atoms. The van der Waals surface area contributed by atoms with Crippen LogP contribution in [0.1, 0.15) is 31.2 Å². The Balaban J connectivity index is 1.48. The summed E-state index contributed by atoms with van der Waals surface area (Å²) < 4.78 is 18.8. The van der Waals surface area contributed by atoms with E-state index >= 15 is 0 Å². The van der Waals surface area contributed by atoms with Crippen molar-refractivity contribution in [1.29, 1.82) is 0 Å². The van der Waals surface area contributed by atoms with Crippen LogP contribution >= 0.6 is 11.6 Å². The average molecular weight is 430 g/mol. The van der Waals surface area contributed by atoms with Crippen molar-refractivity contribution in [2.75, 3.05) is 31.1 Å². The van der Waals surface area contributed by atoms with E-state index in [1.54, 1.807) is 12.3 Å². The first-order valence-corrected chi connectivity index (χ1v) is 10.7. The Morgan fingerprint density at radius 2 is 2.07 bits per heavy atom. The van der Waals surface area contributed by atoms with Crippen LogP contribution in [0.3, 0.4) is 0 Å². The fourth-order valence-electron chi connectivity index (χ4n) is 3.74. The fourth-order valence-corrected chi connectivity index (χ4v) is 3.96. The summed E-state index contributed by atoms with van der Waals surface area (Å²) >= 11 is 6.22. The molecule has 0 amide bonds. The summed E-state index contributed by atoms with van der Waals surface area (Å²) in [6.45, 7) is 6.29. The van der Waals surface area contributed by atoms with Gasteiger partial charge in [0.15, 0.2) is 5.82 Å². The summed E-state index contributed by atoms with van der Waals surface area (Å²) in [7, 11) is 0. The molecule has 0 N–H and O–H groups in total. The Bertz CT molecular complexity index is 995. The highest BCUT2D eigenvalue weighted by Gasteiger charge is 2.22. The van der Waals surface area contributed by atoms with Gasteiger partial charge in [-0.3, -0.25) is 4.90 Å². The number of hydrogen-bond donors (Lipinski definition) is 0. The van der Waals surface area contributed by atoms with Crippen molar-refractivity contribution < 1.29 is 8.91 Å². The first kappa shape index (κ1) is 20.8. The molecule has 0 bridgehead atoms. The molecule has 158 valence electrons. The van der Waals surface area contributed by atoms with Gasteiger partial charge >= 0.3 is 0 Å². The van der Waals surface area contributed by atoms with Crippen molar-refractivity contribution >= 4 is 17.4 Å². The molecule has 0 aliphatic carbocycles. The number of aryl methyl sites for hydroxylation is 1. The number of hydrogen-bond acceptors (Lipinski definition) is 6. The average Bonchev–Trinajstić information content (AvgIpc) is 3.08. The van der Waals surface area contributed by atoms with Gasteiger partial charge < -0.3 is 9.42 Å². The van der Waals surface area contributed by atoms with Crippen LogP contribution in [0, 0.1) is 5.82 Å². The Hall–Kier alpha value is -2.51. The summed E-state index contributed by atoms with van der Waals surface area (Å²) in [4.78, 5) is 13.8. The van der Waals surface area contributed by atoms with Gasteiger partial charge in [0.1, 0.15) is 11.6 Å². The van der Waals surface area contributed by atoms with Gasteiger partial charge in [-0.15, -0.1) is 0 Å². The molecule has 2 aromatic heterocycles. The van der Waals surface area contributed by atoms with Crippen molar-refractivity contribution in [1.82, 2.24) is 20.0 Å². The van der Waals surface area contributed by atoms with Crippen LogP contribution in [0.5, 0.6) is 0 Å². The molecule has 1 saturated heterocycles. The van der Waals surface area contributed by atoms with Crippen LogP contribution in [-0.2, 0) is 13.0 Å². The van der Waals surface area contributed by atoms with E-state index in [0.29, 0.717) is 17.5 Å². The third-order valence-electron chi connectivity index (χ3n) is 5.26. The van der Waals surface area contributed by atoms with E-state index in [2.05, 4.69) is 31.8 Å². The molecule has 1 fully saturated rings. The quantitative estimate of drug-likeness (QED) is 0.571. The predicted octanol–water partition coefficient (Wildman–Crippen LogP) is 4.59. The van der Waals surface area contributed by atoms with E-state index in [1.165, 1.54) is 12.1 Å². The van der Waals surface area contributed by atoms with Crippen molar-refractivity contribution in [3.8, 4) is 11.5 Å². The van der Waals surface area contributed by atoms with Crippen LogP contribution in [-0.4, -0.2) is 46.2 Å². The molecule has 3 aromatic rings. The number of nitrogens with zero attached hydrogens (tertiary/aromatic N) is 5. The third-order valence-corrected chi connectivity index (χ3v) is 5.61. The summed E-state index contributed by atoms with van der Waals surface area (Å²) in [5, 5.41) is 4.55. The minimum absolute atomic E-state index is 0.309. The minimum Gasteiger partial charge on any atom is -0.355 e. The first-order chi connectivity index (χ1) is 14.6. The smallest absolute Gasteiger partial charge is 0.261 e. The Morgan fingerprint density at radius 3 is 2.90 bits per heavy atom. The standard InChI is InChI=1S/C22H25ClFN5O/c1-2-5-20-26-22(30-27-20)18-6-3-9-25-21(18)29-11-4-10-28(12-13-29)15-16-7-8-17(24)14-19(16)23/h3,6-9,14H,2,4-5,10-13,15H2,1H3. The Labute approximate surface area is 180 Å². The number of benzene rings is 1. The number of aromatic nitrogens is 3. The van der Waals surface area contributed by atoms with Crippen LogP contribution < -0.4 is 4.90 Å². The zero-order valence-electron chi connectivity index (χ0n) is 17.0. The lowest BCUT2D eigenvalue weighted by Crippen LogP contribution is -2.31. The van der Waals surface area contributed by atoms with E-state index in [9.17, 15) is 4.39 Å². The van der Waals surface area contributed by atoms with Crippen molar-refractivity contribution in [2.24, 2.45) is 0 Å². The van der Waals surface area contributed by atoms with Crippen molar-refractivity contribution in [3.63, 3.8) is 0 Å². The maximum atomic E-state index is 13.3. The second kappa shape index (κ2) is 9.53. The molecular formula is C22H25ClFN5O. The van der Waals surface area contributed by atoms with Crippen LogP contribution in [0.4, 0.5) is 10.2 Å². The molecule has 0 radical (unpaired) electrons. The predicted molar refractivity (Wildman–Crippen MR) is 115 cm³/mol. The maximum Gasteiger partial charge on any atom is 0.261 e. The number of rotatable bonds is 6. The molecule has 4 rings (SSSR count). The van der Waals surface area contributed by atoms with Gasteiger partial charge in [-0.2, -0.15) is 4.98 Å². The van der Waals surface area contributed by atoms with Crippen molar-refractivity contribution in [2.45, 2.75) is 32.7 Å². The zero-order chi connectivity index (χ0) is 20.9. The Kier molecular flexibility index (Phi) is 6.59. The van der Waals surface area contributed by atoms with Crippen LogP contribution in [0.15, 0.2) is 41.1 Å². The lowest BCUT2D eigenvalue weighted by Gasteiger charge is -2.24. The molecule has 1 aliphatic heterocycles. The second-order valence-electron chi connectivity index (χ2n) is 7.49.